The average molecular weight is 337 g/mol. The number of thioether (sulfide) groups is 1. The fourth-order valence-electron chi connectivity index (χ4n) is 2.64. The number of rotatable bonds is 12. The Morgan fingerprint density at radius 3 is 2.35 bits per heavy atom. The molecule has 0 unspecified atom stereocenters. The highest BCUT2D eigenvalue weighted by atomic mass is 32.2. The van der Waals surface area contributed by atoms with Crippen LogP contribution in [0.25, 0.3) is 0 Å². The Morgan fingerprint density at radius 2 is 1.70 bits per heavy atom. The van der Waals surface area contributed by atoms with Crippen LogP contribution in [0.15, 0.2) is 30.3 Å². The largest absolute Gasteiger partial charge is 0.317 e. The monoisotopic (exact) mass is 336 g/mol. The SMILES string of the molecule is CCCN(CCCNCCCSCc1ccccc1)C(C)(C)C. The third kappa shape index (κ3) is 10.1. The van der Waals surface area contributed by atoms with Crippen molar-refractivity contribution >= 4 is 11.8 Å². The molecule has 0 aliphatic carbocycles. The molecule has 0 radical (unpaired) electrons. The van der Waals surface area contributed by atoms with Crippen LogP contribution in [0.5, 0.6) is 0 Å². The Kier molecular flexibility index (Phi) is 10.7. The van der Waals surface area contributed by atoms with E-state index in [1.807, 2.05) is 11.8 Å². The molecular weight excluding hydrogens is 300 g/mol. The van der Waals surface area contributed by atoms with E-state index in [-0.39, 0.29) is 0 Å². The zero-order chi connectivity index (χ0) is 17.0. The number of nitrogens with zero attached hydrogens (tertiary/aromatic N) is 1. The first-order valence-corrected chi connectivity index (χ1v) is 10.3. The summed E-state index contributed by atoms with van der Waals surface area (Å²) in [6.07, 6.45) is 3.74. The van der Waals surface area contributed by atoms with Crippen LogP contribution in [0, 0.1) is 0 Å². The first-order chi connectivity index (χ1) is 11.0. The van der Waals surface area contributed by atoms with E-state index in [0.717, 1.165) is 18.8 Å². The summed E-state index contributed by atoms with van der Waals surface area (Å²) in [5.74, 6) is 2.38. The molecule has 0 heterocycles. The molecule has 2 nitrogen and oxygen atoms in total. The second-order valence-electron chi connectivity index (χ2n) is 7.15. The molecule has 0 fully saturated rings. The lowest BCUT2D eigenvalue weighted by molar-refractivity contribution is 0.135. The van der Waals surface area contributed by atoms with Gasteiger partial charge in [0.05, 0.1) is 0 Å². The number of hydrogen-bond acceptors (Lipinski definition) is 3. The Labute approximate surface area is 148 Å². The summed E-state index contributed by atoms with van der Waals surface area (Å²) in [6.45, 7) is 13.9. The summed E-state index contributed by atoms with van der Waals surface area (Å²) in [6, 6.07) is 10.7. The summed E-state index contributed by atoms with van der Waals surface area (Å²) < 4.78 is 0. The van der Waals surface area contributed by atoms with Gasteiger partial charge < -0.3 is 5.32 Å². The van der Waals surface area contributed by atoms with Crippen molar-refractivity contribution in [3.05, 3.63) is 35.9 Å². The normalized spacial score (nSPS) is 12.0. The van der Waals surface area contributed by atoms with Crippen LogP contribution in [0.3, 0.4) is 0 Å². The summed E-state index contributed by atoms with van der Waals surface area (Å²) in [5.41, 5.74) is 1.73. The summed E-state index contributed by atoms with van der Waals surface area (Å²) >= 11 is 2.04. The molecule has 0 aromatic heterocycles. The van der Waals surface area contributed by atoms with Crippen molar-refractivity contribution in [2.45, 2.75) is 58.2 Å². The van der Waals surface area contributed by atoms with E-state index in [1.165, 1.54) is 43.7 Å². The van der Waals surface area contributed by atoms with E-state index in [0.29, 0.717) is 5.54 Å². The molecule has 0 aliphatic heterocycles. The molecule has 1 rings (SSSR count). The summed E-state index contributed by atoms with van der Waals surface area (Å²) in [5, 5.41) is 3.59. The van der Waals surface area contributed by atoms with Crippen molar-refractivity contribution in [1.82, 2.24) is 10.2 Å². The Hall–Kier alpha value is -0.510. The van der Waals surface area contributed by atoms with Gasteiger partial charge in [0.25, 0.3) is 0 Å². The van der Waals surface area contributed by atoms with Crippen LogP contribution < -0.4 is 5.32 Å². The van der Waals surface area contributed by atoms with Gasteiger partial charge in [-0.3, -0.25) is 4.90 Å². The van der Waals surface area contributed by atoms with Crippen LogP contribution in [-0.2, 0) is 5.75 Å². The predicted molar refractivity (Wildman–Crippen MR) is 106 cm³/mol. The fourth-order valence-corrected chi connectivity index (χ4v) is 3.56. The van der Waals surface area contributed by atoms with Gasteiger partial charge in [0.2, 0.25) is 0 Å². The quantitative estimate of drug-likeness (QED) is 0.552. The lowest BCUT2D eigenvalue weighted by Gasteiger charge is -2.35. The van der Waals surface area contributed by atoms with Crippen molar-refractivity contribution in [2.75, 3.05) is 31.9 Å². The Morgan fingerprint density at radius 1 is 1.00 bits per heavy atom. The molecule has 0 bridgehead atoms. The van der Waals surface area contributed by atoms with Gasteiger partial charge in [0.1, 0.15) is 0 Å². The van der Waals surface area contributed by atoms with E-state index < -0.39 is 0 Å². The van der Waals surface area contributed by atoms with Gasteiger partial charge in [-0.05, 0) is 77.5 Å². The van der Waals surface area contributed by atoms with Crippen LogP contribution >= 0.6 is 11.8 Å². The number of nitrogens with one attached hydrogen (secondary N) is 1. The Bertz CT molecular complexity index is 386. The standard InChI is InChI=1S/C20H36N2S/c1-5-15-22(20(2,3)4)16-9-13-21-14-10-17-23-18-19-11-7-6-8-12-19/h6-8,11-12,21H,5,9-10,13-18H2,1-4H3. The van der Waals surface area contributed by atoms with E-state index in [9.17, 15) is 0 Å². The summed E-state index contributed by atoms with van der Waals surface area (Å²) in [4.78, 5) is 2.60. The first kappa shape index (κ1) is 20.5. The molecule has 1 aromatic rings. The number of hydrogen-bond donors (Lipinski definition) is 1. The van der Waals surface area contributed by atoms with Crippen LogP contribution in [0.2, 0.25) is 0 Å². The molecule has 1 aromatic carbocycles. The lowest BCUT2D eigenvalue weighted by Crippen LogP contribution is -2.43. The van der Waals surface area contributed by atoms with Gasteiger partial charge in [0, 0.05) is 11.3 Å². The van der Waals surface area contributed by atoms with Gasteiger partial charge >= 0.3 is 0 Å². The molecule has 0 amide bonds. The molecule has 0 saturated carbocycles. The van der Waals surface area contributed by atoms with Crippen molar-refractivity contribution in [3.63, 3.8) is 0 Å². The first-order valence-electron chi connectivity index (χ1n) is 9.11. The van der Waals surface area contributed by atoms with Gasteiger partial charge in [-0.15, -0.1) is 0 Å². The van der Waals surface area contributed by atoms with E-state index in [4.69, 9.17) is 0 Å². The summed E-state index contributed by atoms with van der Waals surface area (Å²) in [7, 11) is 0. The molecule has 0 aliphatic rings. The zero-order valence-corrected chi connectivity index (χ0v) is 16.4. The smallest absolute Gasteiger partial charge is 0.0184 e. The van der Waals surface area contributed by atoms with Crippen molar-refractivity contribution in [1.29, 1.82) is 0 Å². The van der Waals surface area contributed by atoms with Gasteiger partial charge in [0.15, 0.2) is 0 Å². The molecule has 0 atom stereocenters. The number of benzene rings is 1. The maximum Gasteiger partial charge on any atom is 0.0184 e. The molecule has 0 saturated heterocycles. The highest BCUT2D eigenvalue weighted by molar-refractivity contribution is 7.98. The van der Waals surface area contributed by atoms with E-state index in [1.54, 1.807) is 0 Å². The van der Waals surface area contributed by atoms with Gasteiger partial charge in [-0.25, -0.2) is 0 Å². The third-order valence-electron chi connectivity index (χ3n) is 3.98. The maximum atomic E-state index is 3.59. The lowest BCUT2D eigenvalue weighted by atomic mass is 10.1. The molecule has 23 heavy (non-hydrogen) atoms. The predicted octanol–water partition coefficient (Wildman–Crippen LogP) is 4.80. The van der Waals surface area contributed by atoms with Gasteiger partial charge in [-0.2, -0.15) is 11.8 Å². The molecule has 132 valence electrons. The van der Waals surface area contributed by atoms with Crippen molar-refractivity contribution < 1.29 is 0 Å². The second kappa shape index (κ2) is 11.9. The highest BCUT2D eigenvalue weighted by Crippen LogP contribution is 2.14. The Balaban J connectivity index is 1.96. The second-order valence-corrected chi connectivity index (χ2v) is 8.26. The average Bonchev–Trinajstić information content (AvgIpc) is 2.52. The van der Waals surface area contributed by atoms with Crippen LogP contribution in [0.4, 0.5) is 0 Å². The topological polar surface area (TPSA) is 15.3 Å². The minimum absolute atomic E-state index is 0.296. The fraction of sp³-hybridized carbons (Fsp3) is 0.700. The molecule has 0 spiro atoms. The van der Waals surface area contributed by atoms with E-state index >= 15 is 0 Å². The molecule has 3 heteroatoms. The van der Waals surface area contributed by atoms with Crippen LogP contribution in [0.1, 0.15) is 52.5 Å². The third-order valence-corrected chi connectivity index (χ3v) is 5.09. The van der Waals surface area contributed by atoms with Gasteiger partial charge in [-0.1, -0.05) is 37.3 Å². The van der Waals surface area contributed by atoms with Crippen molar-refractivity contribution in [3.8, 4) is 0 Å². The minimum atomic E-state index is 0.296. The van der Waals surface area contributed by atoms with E-state index in [2.05, 4.69) is 68.2 Å². The molecular formula is C20H36N2S. The molecule has 1 N–H and O–H groups in total. The minimum Gasteiger partial charge on any atom is -0.317 e. The van der Waals surface area contributed by atoms with Crippen LogP contribution in [-0.4, -0.2) is 42.4 Å². The zero-order valence-electron chi connectivity index (χ0n) is 15.6. The maximum absolute atomic E-state index is 3.59. The van der Waals surface area contributed by atoms with Crippen molar-refractivity contribution in [2.24, 2.45) is 0 Å². The highest BCUT2D eigenvalue weighted by Gasteiger charge is 2.19.